The lowest BCUT2D eigenvalue weighted by atomic mass is 10.2. The smallest absolute Gasteiger partial charge is 0.177 e. The Labute approximate surface area is 47.5 Å². The Bertz CT molecular complexity index is 118. The van der Waals surface area contributed by atoms with Gasteiger partial charge in [-0.3, -0.25) is 4.79 Å². The molecule has 0 bridgehead atoms. The lowest BCUT2D eigenvalue weighted by Gasteiger charge is -2.00. The summed E-state index contributed by atoms with van der Waals surface area (Å²) in [5, 5.41) is 8.28. The number of aliphatic hydroxyl groups is 1. The predicted octanol–water partition coefficient (Wildman–Crippen LogP) is -0.961. The molecule has 0 atom stereocenters. The van der Waals surface area contributed by atoms with Crippen LogP contribution in [0.2, 0.25) is 0 Å². The van der Waals surface area contributed by atoms with E-state index in [-0.39, 0.29) is 5.78 Å². The molecule has 0 radical (unpaired) electrons. The van der Waals surface area contributed by atoms with E-state index in [1.165, 1.54) is 0 Å². The van der Waals surface area contributed by atoms with Crippen molar-refractivity contribution in [2.24, 2.45) is 5.73 Å². The van der Waals surface area contributed by atoms with Crippen molar-refractivity contribution in [3.05, 3.63) is 0 Å². The largest absolute Gasteiger partial charge is 0.389 e. The first-order valence-electron chi connectivity index (χ1n) is 2.62. The van der Waals surface area contributed by atoms with Gasteiger partial charge in [0, 0.05) is 0 Å². The Morgan fingerprint density at radius 3 is 2.38 bits per heavy atom. The van der Waals surface area contributed by atoms with Crippen LogP contribution in [0.5, 0.6) is 0 Å². The van der Waals surface area contributed by atoms with E-state index < -0.39 is 12.1 Å². The van der Waals surface area contributed by atoms with Crippen LogP contribution in [-0.2, 0) is 4.79 Å². The third-order valence-corrected chi connectivity index (χ3v) is 1.49. The van der Waals surface area contributed by atoms with Gasteiger partial charge in [-0.05, 0) is 12.8 Å². The number of ketones is 1. The van der Waals surface area contributed by atoms with Gasteiger partial charge in [0.15, 0.2) is 5.78 Å². The minimum absolute atomic E-state index is 0.225. The summed E-state index contributed by atoms with van der Waals surface area (Å²) in [7, 11) is 0. The molecule has 1 aliphatic rings. The molecule has 46 valence electrons. The second-order valence-electron chi connectivity index (χ2n) is 2.24. The van der Waals surface area contributed by atoms with E-state index in [2.05, 4.69) is 0 Å². The average Bonchev–Trinajstić information content (AvgIpc) is 2.47. The van der Waals surface area contributed by atoms with Crippen LogP contribution in [0.3, 0.4) is 0 Å². The van der Waals surface area contributed by atoms with Crippen LogP contribution < -0.4 is 5.73 Å². The molecule has 0 aromatic heterocycles. The summed E-state index contributed by atoms with van der Waals surface area (Å²) in [5.74, 6) is -0.225. The summed E-state index contributed by atoms with van der Waals surface area (Å²) in [6.45, 7) is -0.406. The van der Waals surface area contributed by atoms with Gasteiger partial charge in [-0.1, -0.05) is 0 Å². The molecule has 3 nitrogen and oxygen atoms in total. The SMILES string of the molecule is NC1(C(=O)CO)CC1. The number of aliphatic hydroxyl groups excluding tert-OH is 1. The van der Waals surface area contributed by atoms with Crippen molar-refractivity contribution in [2.75, 3.05) is 6.61 Å². The molecular formula is C5H9NO2. The van der Waals surface area contributed by atoms with Crippen LogP contribution in [0, 0.1) is 0 Å². The van der Waals surface area contributed by atoms with Gasteiger partial charge < -0.3 is 10.8 Å². The maximum Gasteiger partial charge on any atom is 0.177 e. The van der Waals surface area contributed by atoms with Gasteiger partial charge in [-0.15, -0.1) is 0 Å². The molecule has 8 heavy (non-hydrogen) atoms. The Kier molecular flexibility index (Phi) is 1.10. The van der Waals surface area contributed by atoms with Crippen molar-refractivity contribution in [2.45, 2.75) is 18.4 Å². The van der Waals surface area contributed by atoms with E-state index in [0.29, 0.717) is 0 Å². The molecule has 0 spiro atoms. The van der Waals surface area contributed by atoms with E-state index >= 15 is 0 Å². The number of carbonyl (C=O) groups is 1. The Hall–Kier alpha value is -0.410. The summed E-state index contributed by atoms with van der Waals surface area (Å²) < 4.78 is 0. The van der Waals surface area contributed by atoms with Gasteiger partial charge in [0.1, 0.15) is 6.61 Å². The van der Waals surface area contributed by atoms with Crippen molar-refractivity contribution in [1.29, 1.82) is 0 Å². The molecular weight excluding hydrogens is 106 g/mol. The molecule has 0 amide bonds. The summed E-state index contributed by atoms with van der Waals surface area (Å²) in [6, 6.07) is 0. The van der Waals surface area contributed by atoms with E-state index in [4.69, 9.17) is 10.8 Å². The van der Waals surface area contributed by atoms with Gasteiger partial charge in [-0.25, -0.2) is 0 Å². The lowest BCUT2D eigenvalue weighted by molar-refractivity contribution is -0.123. The molecule has 0 aromatic rings. The molecule has 0 saturated heterocycles. The highest BCUT2D eigenvalue weighted by atomic mass is 16.3. The van der Waals surface area contributed by atoms with Gasteiger partial charge in [0.05, 0.1) is 5.54 Å². The second-order valence-corrected chi connectivity index (χ2v) is 2.24. The lowest BCUT2D eigenvalue weighted by Crippen LogP contribution is -2.34. The van der Waals surface area contributed by atoms with E-state index in [0.717, 1.165) is 12.8 Å². The molecule has 1 fully saturated rings. The maximum atomic E-state index is 10.5. The fourth-order valence-electron chi connectivity index (χ4n) is 0.571. The van der Waals surface area contributed by atoms with Crippen molar-refractivity contribution >= 4 is 5.78 Å². The van der Waals surface area contributed by atoms with Crippen LogP contribution in [-0.4, -0.2) is 23.0 Å². The Morgan fingerprint density at radius 2 is 2.25 bits per heavy atom. The van der Waals surface area contributed by atoms with Crippen LogP contribution in [0.25, 0.3) is 0 Å². The van der Waals surface area contributed by atoms with Crippen LogP contribution in [0.15, 0.2) is 0 Å². The summed E-state index contributed by atoms with van der Waals surface area (Å²) in [6.07, 6.45) is 1.48. The number of rotatable bonds is 2. The third-order valence-electron chi connectivity index (χ3n) is 1.49. The van der Waals surface area contributed by atoms with Crippen molar-refractivity contribution in [3.63, 3.8) is 0 Å². The molecule has 3 heteroatoms. The fourth-order valence-corrected chi connectivity index (χ4v) is 0.571. The predicted molar refractivity (Wildman–Crippen MR) is 28.2 cm³/mol. The second kappa shape index (κ2) is 1.53. The van der Waals surface area contributed by atoms with Crippen LogP contribution in [0.4, 0.5) is 0 Å². The van der Waals surface area contributed by atoms with Gasteiger partial charge in [0.2, 0.25) is 0 Å². The monoisotopic (exact) mass is 115 g/mol. The Balaban J connectivity index is 2.46. The fraction of sp³-hybridized carbons (Fsp3) is 0.800. The first-order valence-corrected chi connectivity index (χ1v) is 2.62. The van der Waals surface area contributed by atoms with Gasteiger partial charge in [0.25, 0.3) is 0 Å². The first kappa shape index (κ1) is 5.72. The number of carbonyl (C=O) groups excluding carboxylic acids is 1. The maximum absolute atomic E-state index is 10.5. The zero-order valence-electron chi connectivity index (χ0n) is 4.55. The van der Waals surface area contributed by atoms with Crippen molar-refractivity contribution < 1.29 is 9.90 Å². The van der Waals surface area contributed by atoms with E-state index in [9.17, 15) is 4.79 Å². The highest BCUT2D eigenvalue weighted by molar-refractivity contribution is 5.91. The standard InChI is InChI=1S/C5H9NO2/c6-5(1-2-5)4(8)3-7/h7H,1-3,6H2. The van der Waals surface area contributed by atoms with Gasteiger partial charge in [-0.2, -0.15) is 0 Å². The Morgan fingerprint density at radius 1 is 1.75 bits per heavy atom. The zero-order valence-corrected chi connectivity index (χ0v) is 4.55. The summed E-state index contributed by atoms with van der Waals surface area (Å²) in [4.78, 5) is 10.5. The van der Waals surface area contributed by atoms with Crippen molar-refractivity contribution in [3.8, 4) is 0 Å². The number of Topliss-reactive ketones (excluding diaryl/α,β-unsaturated/α-hetero) is 1. The molecule has 0 aromatic carbocycles. The van der Waals surface area contributed by atoms with E-state index in [1.807, 2.05) is 0 Å². The summed E-state index contributed by atoms with van der Waals surface area (Å²) >= 11 is 0. The van der Waals surface area contributed by atoms with Crippen LogP contribution >= 0.6 is 0 Å². The normalized spacial score (nSPS) is 22.8. The number of hydrogen-bond acceptors (Lipinski definition) is 3. The quantitative estimate of drug-likeness (QED) is 0.487. The zero-order chi connectivity index (χ0) is 6.20. The average molecular weight is 115 g/mol. The highest BCUT2D eigenvalue weighted by Crippen LogP contribution is 2.32. The highest BCUT2D eigenvalue weighted by Gasteiger charge is 2.44. The molecule has 1 rings (SSSR count). The molecule has 1 aliphatic carbocycles. The first-order chi connectivity index (χ1) is 3.69. The molecule has 0 unspecified atom stereocenters. The third kappa shape index (κ3) is 0.743. The molecule has 1 saturated carbocycles. The van der Waals surface area contributed by atoms with Crippen LogP contribution in [0.1, 0.15) is 12.8 Å². The number of hydrogen-bond donors (Lipinski definition) is 2. The summed E-state index contributed by atoms with van der Waals surface area (Å²) in [5.41, 5.74) is 4.76. The minimum atomic E-state index is -0.630. The molecule has 3 N–H and O–H groups in total. The number of nitrogens with two attached hydrogens (primary N) is 1. The molecule has 0 heterocycles. The van der Waals surface area contributed by atoms with E-state index in [1.54, 1.807) is 0 Å². The topological polar surface area (TPSA) is 63.3 Å². The minimum Gasteiger partial charge on any atom is -0.389 e. The van der Waals surface area contributed by atoms with Crippen molar-refractivity contribution in [1.82, 2.24) is 0 Å². The molecule has 0 aliphatic heterocycles. The van der Waals surface area contributed by atoms with Gasteiger partial charge >= 0.3 is 0 Å².